The molecule has 1 N–H and O–H groups in total. The molecule has 1 fully saturated rings. The lowest BCUT2D eigenvalue weighted by atomic mass is 10.1. The van der Waals surface area contributed by atoms with Crippen molar-refractivity contribution in [2.75, 3.05) is 25.0 Å². The third kappa shape index (κ3) is 5.16. The van der Waals surface area contributed by atoms with Crippen molar-refractivity contribution < 1.29 is 14.3 Å². The summed E-state index contributed by atoms with van der Waals surface area (Å²) in [6.07, 6.45) is 1.67. The van der Waals surface area contributed by atoms with Crippen molar-refractivity contribution in [2.24, 2.45) is 0 Å². The zero-order valence-corrected chi connectivity index (χ0v) is 20.4. The Balaban J connectivity index is 1.59. The van der Waals surface area contributed by atoms with Gasteiger partial charge < -0.3 is 15.0 Å². The van der Waals surface area contributed by atoms with E-state index in [0.29, 0.717) is 24.4 Å². The van der Waals surface area contributed by atoms with Crippen LogP contribution in [0.5, 0.6) is 0 Å². The van der Waals surface area contributed by atoms with Crippen LogP contribution in [0.15, 0.2) is 48.5 Å². The number of nitrogens with one attached hydrogen (secondary N) is 1. The molecule has 7 nitrogen and oxygen atoms in total. The van der Waals surface area contributed by atoms with E-state index in [-0.39, 0.29) is 29.6 Å². The van der Waals surface area contributed by atoms with E-state index in [2.05, 4.69) is 10.4 Å². The van der Waals surface area contributed by atoms with Crippen LogP contribution in [0, 0.1) is 20.8 Å². The molecule has 2 aromatic carbocycles. The van der Waals surface area contributed by atoms with E-state index < -0.39 is 0 Å². The minimum absolute atomic E-state index is 0.110. The van der Waals surface area contributed by atoms with Crippen LogP contribution in [0.2, 0.25) is 5.15 Å². The van der Waals surface area contributed by atoms with Crippen molar-refractivity contribution in [1.82, 2.24) is 14.7 Å². The number of halogens is 1. The first-order valence-electron chi connectivity index (χ1n) is 11.4. The van der Waals surface area contributed by atoms with Gasteiger partial charge >= 0.3 is 0 Å². The smallest absolute Gasteiger partial charge is 0.259 e. The Hall–Kier alpha value is -3.16. The summed E-state index contributed by atoms with van der Waals surface area (Å²) in [5.74, 6) is -0.611. The van der Waals surface area contributed by atoms with Crippen molar-refractivity contribution >= 4 is 29.1 Å². The van der Waals surface area contributed by atoms with Crippen LogP contribution in [-0.2, 0) is 9.53 Å². The largest absolute Gasteiger partial charge is 0.376 e. The number of hydrogen-bond donors (Lipinski definition) is 1. The maximum atomic E-state index is 13.7. The van der Waals surface area contributed by atoms with Gasteiger partial charge in [0.05, 0.1) is 23.0 Å². The van der Waals surface area contributed by atoms with E-state index in [1.165, 1.54) is 4.90 Å². The predicted octanol–water partition coefficient (Wildman–Crippen LogP) is 4.71. The van der Waals surface area contributed by atoms with Crippen molar-refractivity contribution in [3.05, 3.63) is 76.1 Å². The highest BCUT2D eigenvalue weighted by Crippen LogP contribution is 2.26. The van der Waals surface area contributed by atoms with E-state index in [1.54, 1.807) is 11.6 Å². The van der Waals surface area contributed by atoms with Crippen LogP contribution in [-0.4, -0.2) is 52.3 Å². The van der Waals surface area contributed by atoms with E-state index >= 15 is 0 Å². The summed E-state index contributed by atoms with van der Waals surface area (Å²) in [5, 5.41) is 7.66. The van der Waals surface area contributed by atoms with Crippen LogP contribution in [0.25, 0.3) is 5.69 Å². The van der Waals surface area contributed by atoms with Crippen LogP contribution in [0.1, 0.15) is 40.0 Å². The SMILES string of the molecule is Cc1cccc(NC(=O)CN(C[C@H]2CCCO2)C(=O)c2c(C)nn(-c3ccccc3)c2Cl)c1C. The van der Waals surface area contributed by atoms with Gasteiger partial charge in [-0.15, -0.1) is 0 Å². The number of aromatic nitrogens is 2. The number of carbonyl (C=O) groups is 2. The van der Waals surface area contributed by atoms with Gasteiger partial charge in [-0.3, -0.25) is 9.59 Å². The highest BCUT2D eigenvalue weighted by Gasteiger charge is 2.30. The Labute approximate surface area is 204 Å². The van der Waals surface area contributed by atoms with Gasteiger partial charge in [-0.2, -0.15) is 5.10 Å². The molecule has 0 bridgehead atoms. The maximum absolute atomic E-state index is 13.7. The molecule has 178 valence electrons. The minimum Gasteiger partial charge on any atom is -0.376 e. The lowest BCUT2D eigenvalue weighted by molar-refractivity contribution is -0.117. The molecule has 34 heavy (non-hydrogen) atoms. The normalized spacial score (nSPS) is 15.4. The van der Waals surface area contributed by atoms with E-state index in [9.17, 15) is 9.59 Å². The van der Waals surface area contributed by atoms with Gasteiger partial charge in [0.15, 0.2) is 0 Å². The van der Waals surface area contributed by atoms with Gasteiger partial charge in [0.25, 0.3) is 5.91 Å². The third-order valence-electron chi connectivity index (χ3n) is 6.17. The second kappa shape index (κ2) is 10.4. The van der Waals surface area contributed by atoms with E-state index in [1.807, 2.05) is 62.4 Å². The zero-order chi connectivity index (χ0) is 24.2. The molecule has 0 radical (unpaired) electrons. The summed E-state index contributed by atoms with van der Waals surface area (Å²) in [4.78, 5) is 28.2. The summed E-state index contributed by atoms with van der Waals surface area (Å²) in [6.45, 7) is 6.56. The standard InChI is InChI=1S/C26H29ClN4O3/c1-17-9-7-13-22(18(17)2)28-23(32)16-30(15-21-12-8-14-34-21)26(33)24-19(3)29-31(25(24)27)20-10-5-4-6-11-20/h4-7,9-11,13,21H,8,12,14-16H2,1-3H3,(H,28,32)/t21-/m1/s1. The van der Waals surface area contributed by atoms with Gasteiger partial charge in [-0.25, -0.2) is 4.68 Å². The predicted molar refractivity (Wildman–Crippen MR) is 133 cm³/mol. The highest BCUT2D eigenvalue weighted by atomic mass is 35.5. The number of amides is 2. The second-order valence-corrected chi connectivity index (χ2v) is 8.97. The molecule has 1 aliphatic heterocycles. The molecule has 1 saturated heterocycles. The van der Waals surface area contributed by atoms with Gasteiger partial charge in [0, 0.05) is 18.8 Å². The molecule has 0 aliphatic carbocycles. The molecule has 3 aromatic rings. The van der Waals surface area contributed by atoms with Gasteiger partial charge in [-0.05, 0) is 62.9 Å². The summed E-state index contributed by atoms with van der Waals surface area (Å²) in [7, 11) is 0. The monoisotopic (exact) mass is 480 g/mol. The van der Waals surface area contributed by atoms with E-state index in [0.717, 1.165) is 35.3 Å². The summed E-state index contributed by atoms with van der Waals surface area (Å²) < 4.78 is 7.31. The first kappa shape index (κ1) is 24.0. The molecule has 2 amide bonds. The zero-order valence-electron chi connectivity index (χ0n) is 19.7. The Kier molecular flexibility index (Phi) is 7.34. The quantitative estimate of drug-likeness (QED) is 0.531. The number of anilines is 1. The van der Waals surface area contributed by atoms with Gasteiger partial charge in [-0.1, -0.05) is 41.9 Å². The molecule has 0 saturated carbocycles. The van der Waals surface area contributed by atoms with Crippen LogP contribution < -0.4 is 5.32 Å². The first-order chi connectivity index (χ1) is 16.3. The lowest BCUT2D eigenvalue weighted by Crippen LogP contribution is -2.42. The fraction of sp³-hybridized carbons (Fsp3) is 0.346. The Morgan fingerprint density at radius 1 is 1.15 bits per heavy atom. The average Bonchev–Trinajstić information content (AvgIpc) is 3.44. The van der Waals surface area contributed by atoms with Crippen molar-refractivity contribution in [3.63, 3.8) is 0 Å². The molecule has 1 atom stereocenters. The molecule has 0 spiro atoms. The van der Waals surface area contributed by atoms with Gasteiger partial charge in [0.2, 0.25) is 5.91 Å². The minimum atomic E-state index is -0.337. The van der Waals surface area contributed by atoms with Crippen molar-refractivity contribution in [3.8, 4) is 5.69 Å². The lowest BCUT2D eigenvalue weighted by Gasteiger charge is -2.25. The third-order valence-corrected chi connectivity index (χ3v) is 6.52. The fourth-order valence-corrected chi connectivity index (χ4v) is 4.50. The number of ether oxygens (including phenoxy) is 1. The maximum Gasteiger partial charge on any atom is 0.259 e. The number of para-hydroxylation sites is 1. The molecule has 2 heterocycles. The Bertz CT molecular complexity index is 1190. The van der Waals surface area contributed by atoms with Crippen LogP contribution >= 0.6 is 11.6 Å². The molecule has 0 unspecified atom stereocenters. The van der Waals surface area contributed by atoms with Crippen LogP contribution in [0.3, 0.4) is 0 Å². The number of hydrogen-bond acceptors (Lipinski definition) is 4. The molecule has 1 aliphatic rings. The Morgan fingerprint density at radius 3 is 2.62 bits per heavy atom. The highest BCUT2D eigenvalue weighted by molar-refractivity contribution is 6.33. The number of benzene rings is 2. The summed E-state index contributed by atoms with van der Waals surface area (Å²) >= 11 is 6.65. The molecule has 8 heteroatoms. The van der Waals surface area contributed by atoms with Gasteiger partial charge in [0.1, 0.15) is 11.7 Å². The van der Waals surface area contributed by atoms with Crippen LogP contribution in [0.4, 0.5) is 5.69 Å². The number of carbonyl (C=O) groups excluding carboxylic acids is 2. The first-order valence-corrected chi connectivity index (χ1v) is 11.8. The number of rotatable bonds is 7. The second-order valence-electron chi connectivity index (χ2n) is 8.61. The van der Waals surface area contributed by atoms with Crippen molar-refractivity contribution in [1.29, 1.82) is 0 Å². The molecular formula is C26H29ClN4O3. The molecule has 4 rings (SSSR count). The Morgan fingerprint density at radius 2 is 1.91 bits per heavy atom. The average molecular weight is 481 g/mol. The summed E-state index contributed by atoms with van der Waals surface area (Å²) in [5.41, 5.74) is 4.37. The topological polar surface area (TPSA) is 76.5 Å². The molecular weight excluding hydrogens is 452 g/mol. The fourth-order valence-electron chi connectivity index (χ4n) is 4.14. The van der Waals surface area contributed by atoms with Crippen molar-refractivity contribution in [2.45, 2.75) is 39.7 Å². The van der Waals surface area contributed by atoms with E-state index in [4.69, 9.17) is 16.3 Å². The number of aryl methyl sites for hydroxylation is 2. The summed E-state index contributed by atoms with van der Waals surface area (Å²) in [6, 6.07) is 15.1. The number of nitrogens with zero attached hydrogens (tertiary/aromatic N) is 3. The molecule has 1 aromatic heterocycles.